The van der Waals surface area contributed by atoms with Crippen molar-refractivity contribution in [3.05, 3.63) is 27.1 Å². The molecule has 1 aromatic rings. The molecule has 1 aliphatic heterocycles. The number of benzene rings is 1. The van der Waals surface area contributed by atoms with Gasteiger partial charge in [0.1, 0.15) is 0 Å². The molecule has 19 heavy (non-hydrogen) atoms. The van der Waals surface area contributed by atoms with Gasteiger partial charge in [0, 0.05) is 29.1 Å². The van der Waals surface area contributed by atoms with Gasteiger partial charge in [0.05, 0.1) is 17.0 Å². The van der Waals surface area contributed by atoms with Crippen molar-refractivity contribution < 1.29 is 13.5 Å². The van der Waals surface area contributed by atoms with Crippen molar-refractivity contribution in [3.63, 3.8) is 0 Å². The third kappa shape index (κ3) is 3.03. The van der Waals surface area contributed by atoms with Crippen molar-refractivity contribution in [2.45, 2.75) is 17.0 Å². The van der Waals surface area contributed by atoms with Gasteiger partial charge in [0.2, 0.25) is 10.0 Å². The molecular weight excluding hydrogens is 400 g/mol. The van der Waals surface area contributed by atoms with Crippen LogP contribution in [0.15, 0.2) is 32.0 Å². The van der Waals surface area contributed by atoms with E-state index in [1.807, 2.05) is 0 Å². The fourth-order valence-electron chi connectivity index (χ4n) is 2.03. The fourth-order valence-corrected chi connectivity index (χ4v) is 4.88. The Hall–Kier alpha value is 0.01000. The summed E-state index contributed by atoms with van der Waals surface area (Å²) < 4.78 is 27.6. The number of nitrogens with one attached hydrogen (secondary N) is 1. The highest BCUT2D eigenvalue weighted by Gasteiger charge is 2.36. The minimum Gasteiger partial charge on any atom is -0.390 e. The van der Waals surface area contributed by atoms with Crippen LogP contribution in [0.5, 0.6) is 0 Å². The molecule has 1 fully saturated rings. The van der Waals surface area contributed by atoms with Gasteiger partial charge in [-0.05, 0) is 34.1 Å². The van der Waals surface area contributed by atoms with Gasteiger partial charge in [0.25, 0.3) is 0 Å². The molecule has 0 spiro atoms. The van der Waals surface area contributed by atoms with E-state index < -0.39 is 22.2 Å². The van der Waals surface area contributed by atoms with Crippen molar-refractivity contribution in [2.75, 3.05) is 20.1 Å². The average Bonchev–Trinajstić information content (AvgIpc) is 2.77. The van der Waals surface area contributed by atoms with Crippen LogP contribution in [0.1, 0.15) is 0 Å². The lowest BCUT2D eigenvalue weighted by Gasteiger charge is -2.26. The standard InChI is InChI=1S/C11H14Br2N2O3S/c1-15(9-5-14-6-10(9)16)19(17,18)11-4-7(12)2-3-8(11)13/h2-4,9-10,14,16H,5-6H2,1H3/t9-,10-/m0/s1. The first-order valence-corrected chi connectivity index (χ1v) is 8.68. The number of rotatable bonds is 3. The van der Waals surface area contributed by atoms with Crippen LogP contribution < -0.4 is 5.32 Å². The summed E-state index contributed by atoms with van der Waals surface area (Å²) >= 11 is 6.52. The Morgan fingerprint density at radius 3 is 2.63 bits per heavy atom. The Labute approximate surface area is 129 Å². The van der Waals surface area contributed by atoms with Crippen molar-refractivity contribution in [1.82, 2.24) is 9.62 Å². The number of hydrogen-bond acceptors (Lipinski definition) is 4. The molecular formula is C11H14Br2N2O3S. The third-order valence-corrected chi connectivity index (χ3v) is 6.54. The second kappa shape index (κ2) is 5.79. The summed E-state index contributed by atoms with van der Waals surface area (Å²) in [4.78, 5) is 0.184. The molecule has 0 amide bonds. The zero-order valence-electron chi connectivity index (χ0n) is 10.2. The Kier molecular flexibility index (Phi) is 4.69. The summed E-state index contributed by atoms with van der Waals surface area (Å²) in [6.07, 6.45) is -0.689. The predicted octanol–water partition coefficient (Wildman–Crippen LogP) is 1.16. The van der Waals surface area contributed by atoms with Gasteiger partial charge >= 0.3 is 0 Å². The number of aliphatic hydroxyl groups is 1. The summed E-state index contributed by atoms with van der Waals surface area (Å²) in [6.45, 7) is 0.854. The maximum absolute atomic E-state index is 12.6. The molecule has 0 aliphatic carbocycles. The molecule has 0 aromatic heterocycles. The Balaban J connectivity index is 2.39. The van der Waals surface area contributed by atoms with Gasteiger partial charge in [0.15, 0.2) is 0 Å². The van der Waals surface area contributed by atoms with Gasteiger partial charge in [-0.15, -0.1) is 0 Å². The molecule has 0 saturated carbocycles. The molecule has 5 nitrogen and oxygen atoms in total. The second-order valence-corrected chi connectivity index (χ2v) is 8.12. The van der Waals surface area contributed by atoms with Crippen LogP contribution in [0.4, 0.5) is 0 Å². The highest BCUT2D eigenvalue weighted by atomic mass is 79.9. The Morgan fingerprint density at radius 1 is 1.37 bits per heavy atom. The van der Waals surface area contributed by atoms with E-state index in [9.17, 15) is 13.5 Å². The Morgan fingerprint density at radius 2 is 2.05 bits per heavy atom. The Bertz CT molecular complexity index is 579. The van der Waals surface area contributed by atoms with Crippen molar-refractivity contribution in [3.8, 4) is 0 Å². The van der Waals surface area contributed by atoms with Crippen LogP contribution in [0.2, 0.25) is 0 Å². The van der Waals surface area contributed by atoms with Crippen molar-refractivity contribution >= 4 is 41.9 Å². The van der Waals surface area contributed by atoms with Gasteiger partial charge in [-0.1, -0.05) is 15.9 Å². The van der Waals surface area contributed by atoms with E-state index in [0.29, 0.717) is 22.0 Å². The minimum atomic E-state index is -3.65. The van der Waals surface area contributed by atoms with E-state index in [1.54, 1.807) is 18.2 Å². The van der Waals surface area contributed by atoms with Crippen LogP contribution in [0.3, 0.4) is 0 Å². The number of halogens is 2. The summed E-state index contributed by atoms with van der Waals surface area (Å²) in [5.74, 6) is 0. The van der Waals surface area contributed by atoms with Crippen LogP contribution in [-0.4, -0.2) is 50.1 Å². The summed E-state index contributed by atoms with van der Waals surface area (Å²) in [5.41, 5.74) is 0. The average molecular weight is 414 g/mol. The molecule has 1 heterocycles. The molecule has 2 atom stereocenters. The zero-order valence-corrected chi connectivity index (χ0v) is 14.2. The van der Waals surface area contributed by atoms with E-state index in [2.05, 4.69) is 37.2 Å². The van der Waals surface area contributed by atoms with Crippen LogP contribution in [0, 0.1) is 0 Å². The third-order valence-electron chi connectivity index (χ3n) is 3.17. The minimum absolute atomic E-state index is 0.184. The number of likely N-dealkylation sites (N-methyl/N-ethyl adjacent to an activating group) is 1. The summed E-state index contributed by atoms with van der Waals surface area (Å²) in [5, 5.41) is 12.8. The molecule has 0 unspecified atom stereocenters. The monoisotopic (exact) mass is 412 g/mol. The van der Waals surface area contributed by atoms with Gasteiger partial charge in [-0.3, -0.25) is 0 Å². The quantitative estimate of drug-likeness (QED) is 0.780. The lowest BCUT2D eigenvalue weighted by molar-refractivity contribution is 0.136. The number of sulfonamides is 1. The molecule has 2 N–H and O–H groups in total. The summed E-state index contributed by atoms with van der Waals surface area (Å²) in [7, 11) is -2.16. The number of aliphatic hydroxyl groups excluding tert-OH is 1. The maximum Gasteiger partial charge on any atom is 0.244 e. The SMILES string of the molecule is CN([C@H]1CNC[C@@H]1O)S(=O)(=O)c1cc(Br)ccc1Br. The lowest BCUT2D eigenvalue weighted by atomic mass is 10.2. The van der Waals surface area contributed by atoms with Crippen molar-refractivity contribution in [1.29, 1.82) is 0 Å². The molecule has 0 bridgehead atoms. The van der Waals surface area contributed by atoms with E-state index in [4.69, 9.17) is 0 Å². The smallest absolute Gasteiger partial charge is 0.244 e. The number of hydrogen-bond donors (Lipinski definition) is 2. The highest BCUT2D eigenvalue weighted by Crippen LogP contribution is 2.29. The van der Waals surface area contributed by atoms with Gasteiger partial charge in [-0.2, -0.15) is 4.31 Å². The van der Waals surface area contributed by atoms with E-state index in [1.165, 1.54) is 11.4 Å². The molecule has 1 aliphatic rings. The van der Waals surface area contributed by atoms with Crippen molar-refractivity contribution in [2.24, 2.45) is 0 Å². The second-order valence-electron chi connectivity index (χ2n) is 4.39. The maximum atomic E-state index is 12.6. The van der Waals surface area contributed by atoms with E-state index in [-0.39, 0.29) is 4.90 Å². The van der Waals surface area contributed by atoms with Crippen LogP contribution in [0.25, 0.3) is 0 Å². The molecule has 8 heteroatoms. The predicted molar refractivity (Wildman–Crippen MR) is 79.5 cm³/mol. The first-order chi connectivity index (χ1) is 8.84. The topological polar surface area (TPSA) is 69.6 Å². The molecule has 1 aromatic carbocycles. The van der Waals surface area contributed by atoms with Gasteiger partial charge in [-0.25, -0.2) is 8.42 Å². The normalized spacial score (nSPS) is 24.1. The largest absolute Gasteiger partial charge is 0.390 e. The van der Waals surface area contributed by atoms with Gasteiger partial charge < -0.3 is 10.4 Å². The summed E-state index contributed by atoms with van der Waals surface area (Å²) in [6, 6.07) is 4.53. The molecule has 1 saturated heterocycles. The zero-order chi connectivity index (χ0) is 14.2. The number of nitrogens with zero attached hydrogens (tertiary/aromatic N) is 1. The first kappa shape index (κ1) is 15.4. The van der Waals surface area contributed by atoms with E-state index in [0.717, 1.165) is 0 Å². The fraction of sp³-hybridized carbons (Fsp3) is 0.455. The van der Waals surface area contributed by atoms with Crippen LogP contribution in [-0.2, 0) is 10.0 Å². The number of β-amino-alcohol motifs (C(OH)–C–C–N with tert-alkyl or cyclic N) is 1. The molecule has 2 rings (SSSR count). The van der Waals surface area contributed by atoms with E-state index >= 15 is 0 Å². The molecule has 0 radical (unpaired) electrons. The van der Waals surface area contributed by atoms with Crippen LogP contribution >= 0.6 is 31.9 Å². The lowest BCUT2D eigenvalue weighted by Crippen LogP contribution is -2.44. The first-order valence-electron chi connectivity index (χ1n) is 5.66. The highest BCUT2D eigenvalue weighted by molar-refractivity contribution is 9.11. The molecule has 106 valence electrons.